The average Bonchev–Trinajstić information content (AvgIpc) is 2.81. The second-order valence-electron chi connectivity index (χ2n) is 4.06. The molecule has 0 saturated carbocycles. The highest BCUT2D eigenvalue weighted by Gasteiger charge is 2.31. The molecular formula is C10H10F3N5O. The third-order valence-corrected chi connectivity index (χ3v) is 2.70. The van der Waals surface area contributed by atoms with E-state index in [4.69, 9.17) is 0 Å². The van der Waals surface area contributed by atoms with Crippen LogP contribution in [0, 0.1) is 13.8 Å². The minimum absolute atomic E-state index is 0.0500. The lowest BCUT2D eigenvalue weighted by Crippen LogP contribution is -2.19. The Balaban J connectivity index is 2.49. The van der Waals surface area contributed by atoms with Gasteiger partial charge in [0.1, 0.15) is 6.54 Å². The van der Waals surface area contributed by atoms with Crippen LogP contribution in [0.2, 0.25) is 0 Å². The van der Waals surface area contributed by atoms with Crippen molar-refractivity contribution in [2.24, 2.45) is 0 Å². The maximum Gasteiger partial charge on any atom is 0.408 e. The zero-order valence-corrected chi connectivity index (χ0v) is 10.1. The Morgan fingerprint density at radius 2 is 2.05 bits per heavy atom. The summed E-state index contributed by atoms with van der Waals surface area (Å²) < 4.78 is 37.8. The molecule has 2 aromatic heterocycles. The van der Waals surface area contributed by atoms with E-state index in [0.717, 1.165) is 0 Å². The fourth-order valence-corrected chi connectivity index (χ4v) is 1.82. The maximum absolute atomic E-state index is 12.4. The van der Waals surface area contributed by atoms with E-state index in [1.807, 2.05) is 0 Å². The number of halogens is 3. The molecule has 19 heavy (non-hydrogen) atoms. The van der Waals surface area contributed by atoms with Gasteiger partial charge in [-0.05, 0) is 29.8 Å². The van der Waals surface area contributed by atoms with Crippen LogP contribution in [-0.2, 0) is 6.54 Å². The van der Waals surface area contributed by atoms with Crippen molar-refractivity contribution in [3.63, 3.8) is 0 Å². The van der Waals surface area contributed by atoms with E-state index in [1.54, 1.807) is 13.8 Å². The molecule has 9 heteroatoms. The largest absolute Gasteiger partial charge is 0.408 e. The fourth-order valence-electron chi connectivity index (χ4n) is 1.82. The molecule has 0 bridgehead atoms. The molecule has 0 atom stereocenters. The molecule has 102 valence electrons. The Morgan fingerprint density at radius 1 is 1.37 bits per heavy atom. The number of carbonyl (C=O) groups is 1. The van der Waals surface area contributed by atoms with Gasteiger partial charge in [-0.15, -0.1) is 5.10 Å². The summed E-state index contributed by atoms with van der Waals surface area (Å²) in [5.41, 5.74) is 1.79. The van der Waals surface area contributed by atoms with Gasteiger partial charge in [-0.2, -0.15) is 13.2 Å². The average molecular weight is 273 g/mol. The number of rotatable bonds is 3. The first-order valence-corrected chi connectivity index (χ1v) is 5.31. The van der Waals surface area contributed by atoms with Crippen molar-refractivity contribution in [1.29, 1.82) is 0 Å². The standard InChI is InChI=1S/C10H10F3N5O/c1-5-7(3-19)6(2)14-8(5)9-15-16-17-18(9)4-10(11,12)13/h3,14H,4H2,1-2H3. The van der Waals surface area contributed by atoms with Crippen LogP contribution >= 0.6 is 0 Å². The number of nitrogens with one attached hydrogen (secondary N) is 1. The molecule has 0 aliphatic rings. The van der Waals surface area contributed by atoms with E-state index >= 15 is 0 Å². The van der Waals surface area contributed by atoms with E-state index in [1.165, 1.54) is 0 Å². The third-order valence-electron chi connectivity index (χ3n) is 2.70. The summed E-state index contributed by atoms with van der Waals surface area (Å²) in [5.74, 6) is -0.0500. The number of aromatic nitrogens is 5. The quantitative estimate of drug-likeness (QED) is 0.863. The third kappa shape index (κ3) is 2.49. The number of alkyl halides is 3. The van der Waals surface area contributed by atoms with Gasteiger partial charge in [0.2, 0.25) is 0 Å². The molecule has 0 aromatic carbocycles. The van der Waals surface area contributed by atoms with Crippen LogP contribution in [0.4, 0.5) is 13.2 Å². The topological polar surface area (TPSA) is 76.5 Å². The SMILES string of the molecule is Cc1[nH]c(-c2nnnn2CC(F)(F)F)c(C)c1C=O. The first-order chi connectivity index (χ1) is 8.83. The summed E-state index contributed by atoms with van der Waals surface area (Å²) in [7, 11) is 0. The van der Waals surface area contributed by atoms with Crippen molar-refractivity contribution in [2.45, 2.75) is 26.6 Å². The minimum Gasteiger partial charge on any atom is -0.355 e. The molecule has 2 aromatic rings. The van der Waals surface area contributed by atoms with Crippen LogP contribution < -0.4 is 0 Å². The summed E-state index contributed by atoms with van der Waals surface area (Å²) in [6, 6.07) is 0. The van der Waals surface area contributed by atoms with Gasteiger partial charge in [0.05, 0.1) is 5.69 Å². The number of hydrogen-bond donors (Lipinski definition) is 1. The smallest absolute Gasteiger partial charge is 0.355 e. The normalized spacial score (nSPS) is 11.8. The summed E-state index contributed by atoms with van der Waals surface area (Å²) in [4.78, 5) is 13.7. The maximum atomic E-state index is 12.4. The molecule has 2 heterocycles. The Bertz CT molecular complexity index is 613. The number of tetrazole rings is 1. The number of carbonyl (C=O) groups excluding carboxylic acids is 1. The van der Waals surface area contributed by atoms with Gasteiger partial charge in [0, 0.05) is 11.3 Å². The van der Waals surface area contributed by atoms with E-state index in [0.29, 0.717) is 33.5 Å². The number of nitrogens with zero attached hydrogens (tertiary/aromatic N) is 4. The van der Waals surface area contributed by atoms with Crippen molar-refractivity contribution in [2.75, 3.05) is 0 Å². The molecule has 6 nitrogen and oxygen atoms in total. The first-order valence-electron chi connectivity index (χ1n) is 5.31. The summed E-state index contributed by atoms with van der Waals surface area (Å²) in [5, 5.41) is 10.1. The van der Waals surface area contributed by atoms with Crippen molar-refractivity contribution >= 4 is 6.29 Å². The molecule has 0 aliphatic carbocycles. The molecule has 0 fully saturated rings. The molecule has 1 N–H and O–H groups in total. The Labute approximate surface area is 105 Å². The van der Waals surface area contributed by atoms with Gasteiger partial charge >= 0.3 is 6.18 Å². The molecule has 0 unspecified atom stereocenters. The van der Waals surface area contributed by atoms with Crippen LogP contribution in [0.5, 0.6) is 0 Å². The van der Waals surface area contributed by atoms with Gasteiger partial charge in [-0.3, -0.25) is 4.79 Å². The highest BCUT2D eigenvalue weighted by atomic mass is 19.4. The molecule has 0 radical (unpaired) electrons. The van der Waals surface area contributed by atoms with Crippen LogP contribution in [0.1, 0.15) is 21.6 Å². The van der Waals surface area contributed by atoms with E-state index < -0.39 is 12.7 Å². The highest BCUT2D eigenvalue weighted by Crippen LogP contribution is 2.26. The predicted octanol–water partition coefficient (Wildman–Crippen LogP) is 1.66. The van der Waals surface area contributed by atoms with E-state index in [2.05, 4.69) is 20.5 Å². The van der Waals surface area contributed by atoms with Gasteiger partial charge < -0.3 is 4.98 Å². The number of H-pyrrole nitrogens is 1. The monoisotopic (exact) mass is 273 g/mol. The molecular weight excluding hydrogens is 263 g/mol. The Hall–Kier alpha value is -2.19. The van der Waals surface area contributed by atoms with Crippen molar-refractivity contribution < 1.29 is 18.0 Å². The molecule has 2 rings (SSSR count). The van der Waals surface area contributed by atoms with Gasteiger partial charge in [0.15, 0.2) is 12.1 Å². The lowest BCUT2D eigenvalue weighted by atomic mass is 10.1. The number of aromatic amines is 1. The lowest BCUT2D eigenvalue weighted by molar-refractivity contribution is -0.142. The van der Waals surface area contributed by atoms with E-state index in [-0.39, 0.29) is 5.82 Å². The van der Waals surface area contributed by atoms with Crippen molar-refractivity contribution in [3.05, 3.63) is 16.8 Å². The zero-order valence-electron chi connectivity index (χ0n) is 10.1. The summed E-state index contributed by atoms with van der Waals surface area (Å²) in [6.07, 6.45) is -3.78. The number of hydrogen-bond acceptors (Lipinski definition) is 4. The molecule has 0 aliphatic heterocycles. The molecule has 0 spiro atoms. The summed E-state index contributed by atoms with van der Waals surface area (Å²) >= 11 is 0. The number of aldehydes is 1. The zero-order chi connectivity index (χ0) is 14.2. The second kappa shape index (κ2) is 4.48. The van der Waals surface area contributed by atoms with Crippen LogP contribution in [-0.4, -0.2) is 37.7 Å². The minimum atomic E-state index is -4.42. The van der Waals surface area contributed by atoms with Gasteiger partial charge in [-0.1, -0.05) is 0 Å². The highest BCUT2D eigenvalue weighted by molar-refractivity contribution is 5.83. The second-order valence-corrected chi connectivity index (χ2v) is 4.06. The van der Waals surface area contributed by atoms with Gasteiger partial charge in [-0.25, -0.2) is 4.68 Å². The molecule has 0 saturated heterocycles. The Morgan fingerprint density at radius 3 is 2.58 bits per heavy atom. The van der Waals surface area contributed by atoms with Crippen LogP contribution in [0.25, 0.3) is 11.5 Å². The van der Waals surface area contributed by atoms with Crippen molar-refractivity contribution in [3.8, 4) is 11.5 Å². The fraction of sp³-hybridized carbons (Fsp3) is 0.400. The van der Waals surface area contributed by atoms with Crippen molar-refractivity contribution in [1.82, 2.24) is 25.2 Å². The first kappa shape index (κ1) is 13.2. The predicted molar refractivity (Wildman–Crippen MR) is 58.5 cm³/mol. The summed E-state index contributed by atoms with van der Waals surface area (Å²) in [6.45, 7) is 1.98. The lowest BCUT2D eigenvalue weighted by Gasteiger charge is -2.07. The van der Waals surface area contributed by atoms with Crippen LogP contribution in [0.15, 0.2) is 0 Å². The van der Waals surface area contributed by atoms with E-state index in [9.17, 15) is 18.0 Å². The Kier molecular flexibility index (Phi) is 3.13. The van der Waals surface area contributed by atoms with Crippen LogP contribution in [0.3, 0.4) is 0 Å². The van der Waals surface area contributed by atoms with Gasteiger partial charge in [0.25, 0.3) is 0 Å². The number of aryl methyl sites for hydroxylation is 1. The molecule has 0 amide bonds.